The Morgan fingerprint density at radius 3 is 3.15 bits per heavy atom. The molecule has 0 bridgehead atoms. The summed E-state index contributed by atoms with van der Waals surface area (Å²) in [4.78, 5) is 6.54. The molecule has 7 heteroatoms. The van der Waals surface area contributed by atoms with E-state index >= 15 is 0 Å². The molecule has 1 fully saturated rings. The Kier molecular flexibility index (Phi) is 5.31. The van der Waals surface area contributed by atoms with Crippen molar-refractivity contribution in [2.75, 3.05) is 31.6 Å². The topological polar surface area (TPSA) is 73.9 Å². The van der Waals surface area contributed by atoms with Gasteiger partial charge in [-0.25, -0.2) is 0 Å². The Bertz CT molecular complexity index is 430. The van der Waals surface area contributed by atoms with Crippen molar-refractivity contribution in [3.05, 3.63) is 18.0 Å². The summed E-state index contributed by atoms with van der Waals surface area (Å²) in [5.74, 6) is 2.56. The van der Waals surface area contributed by atoms with Gasteiger partial charge in [0.25, 0.3) is 0 Å². The third-order valence-electron chi connectivity index (χ3n) is 3.19. The molecular weight excluding hydrogens is 276 g/mol. The van der Waals surface area contributed by atoms with Crippen LogP contribution in [0.1, 0.15) is 19.0 Å². The Morgan fingerprint density at radius 1 is 1.70 bits per heavy atom. The van der Waals surface area contributed by atoms with Crippen LogP contribution >= 0.6 is 11.8 Å². The summed E-state index contributed by atoms with van der Waals surface area (Å²) >= 11 is 1.78. The van der Waals surface area contributed by atoms with Gasteiger partial charge in [-0.15, -0.1) is 0 Å². The lowest BCUT2D eigenvalue weighted by molar-refractivity contribution is 0.0776. The van der Waals surface area contributed by atoms with Gasteiger partial charge in [-0.2, -0.15) is 11.8 Å². The number of aliphatic imine (C=N–C) groups is 1. The molecule has 1 aromatic heterocycles. The van der Waals surface area contributed by atoms with Gasteiger partial charge in [0.05, 0.1) is 18.7 Å². The van der Waals surface area contributed by atoms with Crippen LogP contribution in [0.25, 0.3) is 0 Å². The monoisotopic (exact) mass is 298 g/mol. The van der Waals surface area contributed by atoms with E-state index in [1.807, 2.05) is 24.9 Å². The van der Waals surface area contributed by atoms with Crippen molar-refractivity contribution in [2.45, 2.75) is 25.5 Å². The molecule has 0 radical (unpaired) electrons. The summed E-state index contributed by atoms with van der Waals surface area (Å²) in [6, 6.07) is 1.83. The van der Waals surface area contributed by atoms with Crippen molar-refractivity contribution in [2.24, 2.45) is 4.99 Å². The standard InChI is InChI=1S/C13H22N4O2S/c1-3-14-12(15-9-13(18)5-7-20-10-13)17(2)8-11-4-6-19-16-11/h4,6,18H,3,5,7-10H2,1-2H3,(H,14,15). The molecule has 6 nitrogen and oxygen atoms in total. The number of guanidine groups is 1. The second-order valence-electron chi connectivity index (χ2n) is 5.04. The first-order chi connectivity index (χ1) is 9.63. The fourth-order valence-electron chi connectivity index (χ4n) is 2.05. The van der Waals surface area contributed by atoms with E-state index in [9.17, 15) is 5.11 Å². The van der Waals surface area contributed by atoms with Crippen molar-refractivity contribution in [1.82, 2.24) is 15.4 Å². The lowest BCUT2D eigenvalue weighted by Gasteiger charge is -2.24. The van der Waals surface area contributed by atoms with E-state index in [4.69, 9.17) is 4.52 Å². The second-order valence-corrected chi connectivity index (χ2v) is 6.15. The van der Waals surface area contributed by atoms with E-state index in [0.717, 1.165) is 36.1 Å². The van der Waals surface area contributed by atoms with Crippen LogP contribution in [0.15, 0.2) is 21.8 Å². The van der Waals surface area contributed by atoms with Gasteiger partial charge in [0.1, 0.15) is 12.0 Å². The second kappa shape index (κ2) is 6.99. The number of rotatable bonds is 5. The third-order valence-corrected chi connectivity index (χ3v) is 4.43. The first-order valence-electron chi connectivity index (χ1n) is 6.82. The fourth-order valence-corrected chi connectivity index (χ4v) is 3.33. The zero-order valence-corrected chi connectivity index (χ0v) is 12.8. The average Bonchev–Trinajstić information content (AvgIpc) is 3.06. The maximum atomic E-state index is 10.3. The molecule has 1 saturated heterocycles. The summed E-state index contributed by atoms with van der Waals surface area (Å²) in [5, 5.41) is 17.5. The molecule has 1 atom stereocenters. The molecule has 2 N–H and O–H groups in total. The molecule has 1 aliphatic rings. The molecular formula is C13H22N4O2S. The Balaban J connectivity index is 1.97. The van der Waals surface area contributed by atoms with Crippen molar-refractivity contribution in [3.8, 4) is 0 Å². The van der Waals surface area contributed by atoms with Gasteiger partial charge in [0, 0.05) is 25.4 Å². The molecule has 0 aliphatic carbocycles. The third kappa shape index (κ3) is 4.14. The number of hydrogen-bond acceptors (Lipinski definition) is 5. The first-order valence-corrected chi connectivity index (χ1v) is 7.97. The SMILES string of the molecule is CCNC(=NCC1(O)CCSC1)N(C)Cc1ccon1. The highest BCUT2D eigenvalue weighted by atomic mass is 32.2. The van der Waals surface area contributed by atoms with Gasteiger partial charge in [-0.05, 0) is 19.1 Å². The lowest BCUT2D eigenvalue weighted by Crippen LogP contribution is -2.41. The predicted molar refractivity (Wildman–Crippen MR) is 80.8 cm³/mol. The van der Waals surface area contributed by atoms with Crippen molar-refractivity contribution < 1.29 is 9.63 Å². The van der Waals surface area contributed by atoms with Gasteiger partial charge >= 0.3 is 0 Å². The van der Waals surface area contributed by atoms with Crippen molar-refractivity contribution >= 4 is 17.7 Å². The minimum absolute atomic E-state index is 0.436. The van der Waals surface area contributed by atoms with Crippen LogP contribution in [0.4, 0.5) is 0 Å². The number of nitrogens with one attached hydrogen (secondary N) is 1. The van der Waals surface area contributed by atoms with Crippen LogP contribution in [0.2, 0.25) is 0 Å². The van der Waals surface area contributed by atoms with E-state index in [1.165, 1.54) is 0 Å². The first kappa shape index (κ1) is 15.2. The zero-order valence-electron chi connectivity index (χ0n) is 12.0. The molecule has 1 aliphatic heterocycles. The molecule has 2 rings (SSSR count). The van der Waals surface area contributed by atoms with Crippen LogP contribution in [0.5, 0.6) is 0 Å². The van der Waals surface area contributed by atoms with E-state index in [-0.39, 0.29) is 0 Å². The van der Waals surface area contributed by atoms with Crippen molar-refractivity contribution in [1.29, 1.82) is 0 Å². The molecule has 0 spiro atoms. The average molecular weight is 298 g/mol. The van der Waals surface area contributed by atoms with Gasteiger partial charge in [0.15, 0.2) is 5.96 Å². The van der Waals surface area contributed by atoms with E-state index in [2.05, 4.69) is 15.5 Å². The van der Waals surface area contributed by atoms with Gasteiger partial charge in [-0.3, -0.25) is 4.99 Å². The van der Waals surface area contributed by atoms with Crippen molar-refractivity contribution in [3.63, 3.8) is 0 Å². The van der Waals surface area contributed by atoms with Gasteiger partial charge < -0.3 is 19.8 Å². The zero-order chi connectivity index (χ0) is 14.4. The van der Waals surface area contributed by atoms with Gasteiger partial charge in [0.2, 0.25) is 0 Å². The largest absolute Gasteiger partial charge is 0.387 e. The number of aromatic nitrogens is 1. The predicted octanol–water partition coefficient (Wildman–Crippen LogP) is 0.940. The van der Waals surface area contributed by atoms with Crippen LogP contribution in [-0.2, 0) is 6.54 Å². The number of hydrogen-bond donors (Lipinski definition) is 2. The molecule has 1 unspecified atom stereocenters. The summed E-state index contributed by atoms with van der Waals surface area (Å²) < 4.78 is 4.83. The smallest absolute Gasteiger partial charge is 0.194 e. The number of aliphatic hydroxyl groups is 1. The maximum Gasteiger partial charge on any atom is 0.194 e. The molecule has 20 heavy (non-hydrogen) atoms. The Morgan fingerprint density at radius 2 is 2.55 bits per heavy atom. The molecule has 0 saturated carbocycles. The van der Waals surface area contributed by atoms with E-state index in [1.54, 1.807) is 18.0 Å². The normalized spacial score (nSPS) is 23.1. The molecule has 0 amide bonds. The minimum atomic E-state index is -0.653. The van der Waals surface area contributed by atoms with Gasteiger partial charge in [-0.1, -0.05) is 5.16 Å². The Hall–Kier alpha value is -1.21. The summed E-state index contributed by atoms with van der Waals surface area (Å²) in [6.45, 7) is 3.87. The summed E-state index contributed by atoms with van der Waals surface area (Å²) in [7, 11) is 1.95. The van der Waals surface area contributed by atoms with Crippen LogP contribution in [0.3, 0.4) is 0 Å². The highest BCUT2D eigenvalue weighted by Crippen LogP contribution is 2.27. The molecule has 0 aromatic carbocycles. The van der Waals surface area contributed by atoms with Crippen LogP contribution < -0.4 is 5.32 Å². The minimum Gasteiger partial charge on any atom is -0.387 e. The fraction of sp³-hybridized carbons (Fsp3) is 0.692. The summed E-state index contributed by atoms with van der Waals surface area (Å²) in [6.07, 6.45) is 2.37. The number of nitrogens with zero attached hydrogens (tertiary/aromatic N) is 3. The Labute approximate surface area is 123 Å². The molecule has 2 heterocycles. The number of thioether (sulfide) groups is 1. The quantitative estimate of drug-likeness (QED) is 0.622. The van der Waals surface area contributed by atoms with Crippen LogP contribution in [-0.4, -0.2) is 58.4 Å². The highest BCUT2D eigenvalue weighted by molar-refractivity contribution is 7.99. The maximum absolute atomic E-state index is 10.3. The van der Waals surface area contributed by atoms with E-state index in [0.29, 0.717) is 13.1 Å². The molecule has 1 aromatic rings. The highest BCUT2D eigenvalue weighted by Gasteiger charge is 2.31. The van der Waals surface area contributed by atoms with E-state index < -0.39 is 5.60 Å². The lowest BCUT2D eigenvalue weighted by atomic mass is 10.1. The van der Waals surface area contributed by atoms with Crippen LogP contribution in [0, 0.1) is 0 Å². The molecule has 112 valence electrons. The summed E-state index contributed by atoms with van der Waals surface area (Å²) in [5.41, 5.74) is 0.202.